The predicted octanol–water partition coefficient (Wildman–Crippen LogP) is 4.00. The number of carboxylic acids is 1. The van der Waals surface area contributed by atoms with Gasteiger partial charge in [-0.25, -0.2) is 14.5 Å². The second-order valence-electron chi connectivity index (χ2n) is 9.30. The number of hydrogen-bond donors (Lipinski definition) is 1. The van der Waals surface area contributed by atoms with Crippen molar-refractivity contribution < 1.29 is 14.6 Å². The Kier molecular flexibility index (Phi) is 4.28. The summed E-state index contributed by atoms with van der Waals surface area (Å²) in [7, 11) is 0. The lowest BCUT2D eigenvalue weighted by Gasteiger charge is -2.53. The number of para-hydroxylation sites is 1. The molecule has 0 atom stereocenters. The minimum absolute atomic E-state index is 0.0700. The molecule has 0 unspecified atom stereocenters. The third-order valence-corrected chi connectivity index (χ3v) is 7.15. The quantitative estimate of drug-likeness (QED) is 0.690. The van der Waals surface area contributed by atoms with E-state index in [-0.39, 0.29) is 11.1 Å². The van der Waals surface area contributed by atoms with E-state index in [9.17, 15) is 9.90 Å². The lowest BCUT2D eigenvalue weighted by Crippen LogP contribution is -2.60. The monoisotopic (exact) mass is 418 g/mol. The fraction of sp³-hybridized carbons (Fsp3) is 0.458. The van der Waals surface area contributed by atoms with Crippen LogP contribution in [0, 0.1) is 5.41 Å². The highest BCUT2D eigenvalue weighted by atomic mass is 16.5. The van der Waals surface area contributed by atoms with Crippen molar-refractivity contribution in [2.24, 2.45) is 5.41 Å². The number of ether oxygens (including phenoxy) is 1. The molecule has 6 rings (SSSR count). The summed E-state index contributed by atoms with van der Waals surface area (Å²) in [5, 5.41) is 15.8. The number of pyridine rings is 1. The molecule has 3 aromatic rings. The number of aromatic carboxylic acids is 1. The fourth-order valence-corrected chi connectivity index (χ4v) is 5.29. The third-order valence-electron chi connectivity index (χ3n) is 7.15. The van der Waals surface area contributed by atoms with Gasteiger partial charge < -0.3 is 14.7 Å². The summed E-state index contributed by atoms with van der Waals surface area (Å²) in [5.41, 5.74) is 3.83. The Morgan fingerprint density at radius 3 is 2.61 bits per heavy atom. The van der Waals surface area contributed by atoms with E-state index in [4.69, 9.17) is 9.84 Å². The van der Waals surface area contributed by atoms with Crippen LogP contribution < -0.4 is 4.90 Å². The molecule has 2 aromatic heterocycles. The van der Waals surface area contributed by atoms with Gasteiger partial charge >= 0.3 is 5.97 Å². The number of carbonyl (C=O) groups is 1. The summed E-state index contributed by atoms with van der Waals surface area (Å²) in [6.45, 7) is 3.43. The van der Waals surface area contributed by atoms with E-state index in [1.54, 1.807) is 6.07 Å². The average molecular weight is 418 g/mol. The number of hydrogen-bond acceptors (Lipinski definition) is 5. The van der Waals surface area contributed by atoms with Gasteiger partial charge in [-0.15, -0.1) is 0 Å². The maximum absolute atomic E-state index is 11.9. The van der Waals surface area contributed by atoms with Crippen molar-refractivity contribution in [2.75, 3.05) is 31.2 Å². The Morgan fingerprint density at radius 2 is 1.97 bits per heavy atom. The summed E-state index contributed by atoms with van der Waals surface area (Å²) in [6.07, 6.45) is 5.73. The number of nitrogens with zero attached hydrogens (tertiary/aromatic N) is 4. The van der Waals surface area contributed by atoms with Crippen LogP contribution in [-0.4, -0.2) is 52.1 Å². The first-order chi connectivity index (χ1) is 15.1. The molecule has 2 saturated heterocycles. The molecule has 0 amide bonds. The highest BCUT2D eigenvalue weighted by molar-refractivity contribution is 5.99. The lowest BCUT2D eigenvalue weighted by atomic mass is 9.75. The molecule has 0 radical (unpaired) electrons. The highest BCUT2D eigenvalue weighted by Crippen LogP contribution is 2.46. The maximum Gasteiger partial charge on any atom is 0.354 e. The van der Waals surface area contributed by atoms with Crippen LogP contribution >= 0.6 is 0 Å². The second-order valence-corrected chi connectivity index (χ2v) is 9.30. The van der Waals surface area contributed by atoms with Gasteiger partial charge in [-0.2, -0.15) is 5.10 Å². The van der Waals surface area contributed by atoms with E-state index >= 15 is 0 Å². The van der Waals surface area contributed by atoms with Gasteiger partial charge in [-0.1, -0.05) is 24.6 Å². The molecule has 2 aliphatic heterocycles. The van der Waals surface area contributed by atoms with Gasteiger partial charge in [-0.05, 0) is 43.9 Å². The van der Waals surface area contributed by atoms with Crippen molar-refractivity contribution >= 4 is 22.7 Å². The molecule has 4 heterocycles. The van der Waals surface area contributed by atoms with E-state index < -0.39 is 5.97 Å². The first-order valence-corrected chi connectivity index (χ1v) is 11.2. The van der Waals surface area contributed by atoms with Crippen LogP contribution in [0.1, 0.15) is 54.2 Å². The topological polar surface area (TPSA) is 80.5 Å². The molecule has 3 fully saturated rings. The van der Waals surface area contributed by atoms with Crippen LogP contribution in [0.3, 0.4) is 0 Å². The van der Waals surface area contributed by atoms with Gasteiger partial charge in [0.2, 0.25) is 0 Å². The Balaban J connectivity index is 1.52. The van der Waals surface area contributed by atoms with Crippen LogP contribution in [0.15, 0.2) is 36.4 Å². The Bertz CT molecular complexity index is 1140. The SMILES string of the molecule is O=C(O)c1cc(N2CC3(CCCOC3)C2)c2c(C3CCC3)nn(-c3ccccc3)c2n1. The average Bonchev–Trinajstić information content (AvgIpc) is 3.10. The molecule has 1 N–H and O–H groups in total. The molecule has 31 heavy (non-hydrogen) atoms. The third kappa shape index (κ3) is 3.02. The molecule has 1 aliphatic carbocycles. The van der Waals surface area contributed by atoms with E-state index in [1.807, 2.05) is 35.0 Å². The van der Waals surface area contributed by atoms with Gasteiger partial charge in [0, 0.05) is 31.0 Å². The molecule has 160 valence electrons. The zero-order chi connectivity index (χ0) is 21.0. The summed E-state index contributed by atoms with van der Waals surface area (Å²) in [6, 6.07) is 11.6. The van der Waals surface area contributed by atoms with E-state index in [1.165, 1.54) is 12.8 Å². The summed E-state index contributed by atoms with van der Waals surface area (Å²) < 4.78 is 7.59. The normalized spacial score (nSPS) is 20.6. The number of benzene rings is 1. The predicted molar refractivity (Wildman–Crippen MR) is 117 cm³/mol. The largest absolute Gasteiger partial charge is 0.477 e. The number of rotatable bonds is 4. The fourth-order valence-electron chi connectivity index (χ4n) is 5.29. The first-order valence-electron chi connectivity index (χ1n) is 11.2. The van der Waals surface area contributed by atoms with Crippen LogP contribution in [-0.2, 0) is 4.74 Å². The molecule has 1 spiro atoms. The minimum atomic E-state index is -1.01. The summed E-state index contributed by atoms with van der Waals surface area (Å²) >= 11 is 0. The molecular weight excluding hydrogens is 392 g/mol. The highest BCUT2D eigenvalue weighted by Gasteiger charge is 2.45. The summed E-state index contributed by atoms with van der Waals surface area (Å²) in [4.78, 5) is 18.8. The van der Waals surface area contributed by atoms with Gasteiger partial charge in [0.1, 0.15) is 0 Å². The number of fused-ring (bicyclic) bond motifs is 1. The second kappa shape index (κ2) is 7.05. The van der Waals surface area contributed by atoms with Gasteiger partial charge in [-0.3, -0.25) is 0 Å². The van der Waals surface area contributed by atoms with Crippen molar-refractivity contribution in [1.82, 2.24) is 14.8 Å². The summed E-state index contributed by atoms with van der Waals surface area (Å²) in [5.74, 6) is -0.595. The molecule has 1 saturated carbocycles. The van der Waals surface area contributed by atoms with Crippen molar-refractivity contribution in [3.05, 3.63) is 47.8 Å². The van der Waals surface area contributed by atoms with Crippen LogP contribution in [0.25, 0.3) is 16.7 Å². The van der Waals surface area contributed by atoms with E-state index in [2.05, 4.69) is 9.88 Å². The van der Waals surface area contributed by atoms with Crippen LogP contribution in [0.2, 0.25) is 0 Å². The van der Waals surface area contributed by atoms with Gasteiger partial charge in [0.05, 0.1) is 29.1 Å². The molecule has 1 aromatic carbocycles. The smallest absolute Gasteiger partial charge is 0.354 e. The van der Waals surface area contributed by atoms with E-state index in [0.717, 1.165) is 68.0 Å². The van der Waals surface area contributed by atoms with Gasteiger partial charge in [0.25, 0.3) is 0 Å². The van der Waals surface area contributed by atoms with Crippen LogP contribution in [0.4, 0.5) is 5.69 Å². The van der Waals surface area contributed by atoms with Crippen molar-refractivity contribution in [3.63, 3.8) is 0 Å². The van der Waals surface area contributed by atoms with Crippen molar-refractivity contribution in [2.45, 2.75) is 38.0 Å². The first kappa shape index (κ1) is 18.8. The van der Waals surface area contributed by atoms with Crippen molar-refractivity contribution in [1.29, 1.82) is 0 Å². The molecular formula is C24H26N4O3. The molecule has 0 bridgehead atoms. The number of carboxylic acid groups (broad SMARTS) is 1. The van der Waals surface area contributed by atoms with Crippen molar-refractivity contribution in [3.8, 4) is 5.69 Å². The Labute approximate surface area is 180 Å². The lowest BCUT2D eigenvalue weighted by molar-refractivity contribution is -0.0233. The maximum atomic E-state index is 11.9. The van der Waals surface area contributed by atoms with E-state index in [0.29, 0.717) is 11.6 Å². The Morgan fingerprint density at radius 1 is 1.16 bits per heavy atom. The van der Waals surface area contributed by atoms with Gasteiger partial charge in [0.15, 0.2) is 11.3 Å². The molecule has 3 aliphatic rings. The Hall–Kier alpha value is -2.93. The van der Waals surface area contributed by atoms with Crippen LogP contribution in [0.5, 0.6) is 0 Å². The number of anilines is 1. The molecule has 7 nitrogen and oxygen atoms in total. The minimum Gasteiger partial charge on any atom is -0.477 e. The zero-order valence-electron chi connectivity index (χ0n) is 17.5. The standard InChI is InChI=1S/C24H26N4O3/c29-23(30)18-12-19(27-13-24(14-27)10-5-11-31-15-24)20-21(16-6-4-7-16)26-28(22(20)25-18)17-8-2-1-3-9-17/h1-3,8-9,12,16H,4-7,10-11,13-15H2,(H,29,30). The zero-order valence-corrected chi connectivity index (χ0v) is 17.5. The molecule has 7 heteroatoms. The number of aromatic nitrogens is 3.